The van der Waals surface area contributed by atoms with Crippen molar-refractivity contribution in [1.82, 2.24) is 9.97 Å². The number of aromatic amines is 1. The van der Waals surface area contributed by atoms with Gasteiger partial charge in [-0.15, -0.1) is 0 Å². The van der Waals surface area contributed by atoms with Crippen molar-refractivity contribution < 1.29 is 14.0 Å². The predicted molar refractivity (Wildman–Crippen MR) is 117 cm³/mol. The van der Waals surface area contributed by atoms with Gasteiger partial charge in [0.05, 0.1) is 11.5 Å². The lowest BCUT2D eigenvalue weighted by molar-refractivity contribution is -0.123. The molecule has 31 heavy (non-hydrogen) atoms. The van der Waals surface area contributed by atoms with Crippen LogP contribution in [0.25, 0.3) is 0 Å². The number of halogens is 1. The Hall–Kier alpha value is -3.46. The summed E-state index contributed by atoms with van der Waals surface area (Å²) in [4.78, 5) is 44.7. The molecule has 3 aromatic rings. The Labute approximate surface area is 181 Å². The number of anilines is 2. The molecule has 0 fully saturated rings. The Kier molecular flexibility index (Phi) is 5.85. The van der Waals surface area contributed by atoms with Gasteiger partial charge in [-0.3, -0.25) is 14.4 Å². The second-order valence-corrected chi connectivity index (χ2v) is 8.14. The molecule has 0 spiro atoms. The van der Waals surface area contributed by atoms with Gasteiger partial charge in [-0.1, -0.05) is 47.7 Å². The van der Waals surface area contributed by atoms with Crippen molar-refractivity contribution >= 4 is 35.1 Å². The number of fused-ring (bicyclic) bond motifs is 1. The van der Waals surface area contributed by atoms with Gasteiger partial charge in [0, 0.05) is 17.9 Å². The molecule has 9 heteroatoms. The first kappa shape index (κ1) is 20.8. The van der Waals surface area contributed by atoms with Gasteiger partial charge in [0.15, 0.2) is 5.16 Å². The summed E-state index contributed by atoms with van der Waals surface area (Å²) < 4.78 is 13.8. The molecule has 2 aromatic carbocycles. The number of carbonyl (C=O) groups is 2. The molecule has 0 saturated carbocycles. The SMILES string of the molecule is Cc1ccc(NC(=O)[C@@H]2CC(=O)Nc3nc(SCc4ccccc4F)[nH]c(=O)c32)cc1. The van der Waals surface area contributed by atoms with Crippen LogP contribution >= 0.6 is 11.8 Å². The van der Waals surface area contributed by atoms with Gasteiger partial charge in [0.1, 0.15) is 11.6 Å². The van der Waals surface area contributed by atoms with Gasteiger partial charge in [-0.25, -0.2) is 9.37 Å². The number of aromatic nitrogens is 2. The quantitative estimate of drug-likeness (QED) is 0.417. The topological polar surface area (TPSA) is 104 Å². The Balaban J connectivity index is 1.58. The molecule has 1 aromatic heterocycles. The first-order valence-corrected chi connectivity index (χ1v) is 10.6. The van der Waals surface area contributed by atoms with Crippen LogP contribution in [0, 0.1) is 12.7 Å². The average Bonchev–Trinajstić information content (AvgIpc) is 2.74. The first-order chi connectivity index (χ1) is 14.9. The smallest absolute Gasteiger partial charge is 0.257 e. The number of H-pyrrole nitrogens is 1. The van der Waals surface area contributed by atoms with Crippen molar-refractivity contribution in [3.63, 3.8) is 0 Å². The van der Waals surface area contributed by atoms with Crippen LogP contribution in [-0.4, -0.2) is 21.8 Å². The van der Waals surface area contributed by atoms with E-state index in [1.165, 1.54) is 6.07 Å². The number of carbonyl (C=O) groups excluding carboxylic acids is 2. The maximum atomic E-state index is 13.8. The van der Waals surface area contributed by atoms with Crippen LogP contribution in [0.1, 0.15) is 29.0 Å². The summed E-state index contributed by atoms with van der Waals surface area (Å²) in [7, 11) is 0. The third-order valence-corrected chi connectivity index (χ3v) is 5.81. The Morgan fingerprint density at radius 2 is 1.94 bits per heavy atom. The highest BCUT2D eigenvalue weighted by Crippen LogP contribution is 2.31. The number of benzene rings is 2. The van der Waals surface area contributed by atoms with Crippen LogP contribution in [0.5, 0.6) is 0 Å². The zero-order valence-electron chi connectivity index (χ0n) is 16.6. The largest absolute Gasteiger partial charge is 0.326 e. The van der Waals surface area contributed by atoms with E-state index in [4.69, 9.17) is 0 Å². The van der Waals surface area contributed by atoms with Crippen molar-refractivity contribution in [3.05, 3.63) is 81.4 Å². The summed E-state index contributed by atoms with van der Waals surface area (Å²) in [5, 5.41) is 5.55. The molecule has 0 radical (unpaired) electrons. The van der Waals surface area contributed by atoms with Gasteiger partial charge < -0.3 is 15.6 Å². The van der Waals surface area contributed by atoms with Crippen molar-refractivity contribution in [3.8, 4) is 0 Å². The number of nitrogens with zero attached hydrogens (tertiary/aromatic N) is 1. The number of aryl methyl sites for hydroxylation is 1. The summed E-state index contributed by atoms with van der Waals surface area (Å²) >= 11 is 1.13. The molecule has 1 atom stereocenters. The number of rotatable bonds is 5. The van der Waals surface area contributed by atoms with E-state index >= 15 is 0 Å². The fourth-order valence-electron chi connectivity index (χ4n) is 3.27. The molecular formula is C22H19FN4O3S. The maximum Gasteiger partial charge on any atom is 0.257 e. The molecule has 0 bridgehead atoms. The van der Waals surface area contributed by atoms with Gasteiger partial charge in [0.2, 0.25) is 11.8 Å². The van der Waals surface area contributed by atoms with Crippen molar-refractivity contribution in [2.45, 2.75) is 30.2 Å². The van der Waals surface area contributed by atoms with Gasteiger partial charge >= 0.3 is 0 Å². The minimum atomic E-state index is -0.966. The number of hydrogen-bond acceptors (Lipinski definition) is 5. The summed E-state index contributed by atoms with van der Waals surface area (Å²) in [6.45, 7) is 1.93. The van der Waals surface area contributed by atoms with Crippen molar-refractivity contribution in [2.24, 2.45) is 0 Å². The molecule has 2 heterocycles. The van der Waals surface area contributed by atoms with Crippen LogP contribution in [0.3, 0.4) is 0 Å². The summed E-state index contributed by atoms with van der Waals surface area (Å²) in [6.07, 6.45) is -0.156. The molecule has 158 valence electrons. The van der Waals surface area contributed by atoms with Crippen LogP contribution in [-0.2, 0) is 15.3 Å². The van der Waals surface area contributed by atoms with Crippen LogP contribution in [0.4, 0.5) is 15.9 Å². The minimum absolute atomic E-state index is 0.0556. The first-order valence-electron chi connectivity index (χ1n) is 9.58. The molecular weight excluding hydrogens is 419 g/mol. The van der Waals surface area contributed by atoms with Crippen LogP contribution in [0.15, 0.2) is 58.5 Å². The van der Waals surface area contributed by atoms with E-state index in [2.05, 4.69) is 20.6 Å². The van der Waals surface area contributed by atoms with E-state index in [1.54, 1.807) is 30.3 Å². The highest BCUT2D eigenvalue weighted by atomic mass is 32.2. The Morgan fingerprint density at radius 3 is 2.68 bits per heavy atom. The lowest BCUT2D eigenvalue weighted by Crippen LogP contribution is -2.36. The molecule has 2 amide bonds. The van der Waals surface area contributed by atoms with E-state index in [-0.39, 0.29) is 34.5 Å². The third kappa shape index (κ3) is 4.66. The fraction of sp³-hybridized carbons (Fsp3) is 0.182. The molecule has 1 aliphatic heterocycles. The normalized spacial score (nSPS) is 15.2. The molecule has 0 unspecified atom stereocenters. The Morgan fingerprint density at radius 1 is 1.19 bits per heavy atom. The molecule has 0 aliphatic carbocycles. The lowest BCUT2D eigenvalue weighted by Gasteiger charge is -2.23. The summed E-state index contributed by atoms with van der Waals surface area (Å²) in [5.41, 5.74) is 1.68. The predicted octanol–water partition coefficient (Wildman–Crippen LogP) is 3.57. The highest BCUT2D eigenvalue weighted by Gasteiger charge is 2.34. The monoisotopic (exact) mass is 438 g/mol. The van der Waals surface area contributed by atoms with Crippen LogP contribution in [0.2, 0.25) is 0 Å². The minimum Gasteiger partial charge on any atom is -0.326 e. The second kappa shape index (κ2) is 8.73. The fourth-order valence-corrected chi connectivity index (χ4v) is 4.12. The number of amides is 2. The molecule has 0 saturated heterocycles. The van der Waals surface area contributed by atoms with Crippen molar-refractivity contribution in [2.75, 3.05) is 10.6 Å². The van der Waals surface area contributed by atoms with E-state index in [0.717, 1.165) is 17.3 Å². The summed E-state index contributed by atoms with van der Waals surface area (Å²) in [5.74, 6) is -1.87. The molecule has 3 N–H and O–H groups in total. The second-order valence-electron chi connectivity index (χ2n) is 7.17. The lowest BCUT2D eigenvalue weighted by atomic mass is 9.92. The van der Waals surface area contributed by atoms with Crippen molar-refractivity contribution in [1.29, 1.82) is 0 Å². The van der Waals surface area contributed by atoms with Gasteiger partial charge in [-0.2, -0.15) is 0 Å². The molecule has 1 aliphatic rings. The van der Waals surface area contributed by atoms with Gasteiger partial charge in [0.25, 0.3) is 5.56 Å². The van der Waals surface area contributed by atoms with E-state index < -0.39 is 23.3 Å². The van der Waals surface area contributed by atoms with E-state index in [0.29, 0.717) is 11.3 Å². The van der Waals surface area contributed by atoms with E-state index in [9.17, 15) is 18.8 Å². The third-order valence-electron chi connectivity index (χ3n) is 4.89. The average molecular weight is 438 g/mol. The highest BCUT2D eigenvalue weighted by molar-refractivity contribution is 7.98. The maximum absolute atomic E-state index is 13.8. The number of hydrogen-bond donors (Lipinski definition) is 3. The van der Waals surface area contributed by atoms with E-state index in [1.807, 2.05) is 19.1 Å². The van der Waals surface area contributed by atoms with Gasteiger partial charge in [-0.05, 0) is 30.7 Å². The molecule has 7 nitrogen and oxygen atoms in total. The standard InChI is InChI=1S/C22H19FN4O3S/c1-12-6-8-14(9-7-12)24-20(29)15-10-17(28)25-19-18(15)21(30)27-22(26-19)31-11-13-4-2-3-5-16(13)23/h2-9,15H,10-11H2,1H3,(H,24,29)(H2,25,26,27,28,30)/t15-/m1/s1. The molecule has 4 rings (SSSR count). The number of nitrogens with one attached hydrogen (secondary N) is 3. The number of thioether (sulfide) groups is 1. The zero-order valence-corrected chi connectivity index (χ0v) is 17.4. The Bertz CT molecular complexity index is 1210. The van der Waals surface area contributed by atoms with Crippen LogP contribution < -0.4 is 16.2 Å². The zero-order chi connectivity index (χ0) is 22.0. The summed E-state index contributed by atoms with van der Waals surface area (Å²) in [6, 6.07) is 13.5.